The lowest BCUT2D eigenvalue weighted by Crippen LogP contribution is -2.25. The average Bonchev–Trinajstić information content (AvgIpc) is 2.83. The lowest BCUT2D eigenvalue weighted by molar-refractivity contribution is 0.0953. The van der Waals surface area contributed by atoms with Crippen LogP contribution >= 0.6 is 0 Å². The van der Waals surface area contributed by atoms with Crippen molar-refractivity contribution in [3.05, 3.63) is 53.5 Å². The molecule has 1 aromatic heterocycles. The van der Waals surface area contributed by atoms with Crippen LogP contribution in [0.5, 0.6) is 0 Å². The van der Waals surface area contributed by atoms with Crippen molar-refractivity contribution in [3.63, 3.8) is 0 Å². The number of furan rings is 1. The molecule has 0 atom stereocenters. The number of rotatable bonds is 5. The number of primary sulfonamides is 1. The quantitative estimate of drug-likeness (QED) is 0.866. The Labute approximate surface area is 123 Å². The highest BCUT2D eigenvalue weighted by molar-refractivity contribution is 7.89. The number of carbonyl (C=O) groups is 1. The molecule has 0 bridgehead atoms. The number of amides is 1. The summed E-state index contributed by atoms with van der Waals surface area (Å²) in [5.74, 6) is 1.35. The monoisotopic (exact) mass is 308 g/mol. The standard InChI is InChI=1S/C14H16N2O4S/c1-10-2-5-12(20-10)8-9-16-14(17)11-3-6-13(7-4-11)21(15,18)19/h2-7H,8-9H2,1H3,(H,16,17)(H2,15,18,19). The van der Waals surface area contributed by atoms with E-state index in [9.17, 15) is 13.2 Å². The van der Waals surface area contributed by atoms with Crippen molar-refractivity contribution in [1.82, 2.24) is 5.32 Å². The van der Waals surface area contributed by atoms with Gasteiger partial charge in [0, 0.05) is 18.5 Å². The van der Waals surface area contributed by atoms with Crippen molar-refractivity contribution in [3.8, 4) is 0 Å². The first-order chi connectivity index (χ1) is 9.86. The molecule has 112 valence electrons. The first-order valence-electron chi connectivity index (χ1n) is 6.32. The summed E-state index contributed by atoms with van der Waals surface area (Å²) in [6.07, 6.45) is 0.592. The third-order valence-electron chi connectivity index (χ3n) is 2.90. The number of benzene rings is 1. The first-order valence-corrected chi connectivity index (χ1v) is 7.87. The fraction of sp³-hybridized carbons (Fsp3) is 0.214. The molecule has 1 heterocycles. The molecule has 0 saturated heterocycles. The maximum atomic E-state index is 11.9. The van der Waals surface area contributed by atoms with Crippen LogP contribution in [-0.2, 0) is 16.4 Å². The van der Waals surface area contributed by atoms with E-state index in [1.807, 2.05) is 19.1 Å². The normalized spacial score (nSPS) is 11.3. The molecule has 0 radical (unpaired) electrons. The van der Waals surface area contributed by atoms with Crippen LogP contribution in [0.1, 0.15) is 21.9 Å². The zero-order chi connectivity index (χ0) is 15.5. The molecule has 7 heteroatoms. The van der Waals surface area contributed by atoms with Gasteiger partial charge in [0.1, 0.15) is 11.5 Å². The second kappa shape index (κ2) is 6.11. The molecule has 0 aliphatic carbocycles. The summed E-state index contributed by atoms with van der Waals surface area (Å²) < 4.78 is 27.6. The second-order valence-electron chi connectivity index (χ2n) is 4.59. The van der Waals surface area contributed by atoms with Crippen LogP contribution in [0.4, 0.5) is 0 Å². The summed E-state index contributed by atoms with van der Waals surface area (Å²) in [4.78, 5) is 11.9. The highest BCUT2D eigenvalue weighted by Gasteiger charge is 2.10. The summed E-state index contributed by atoms with van der Waals surface area (Å²) in [5, 5.41) is 7.73. The Morgan fingerprint density at radius 2 is 1.86 bits per heavy atom. The molecular formula is C14H16N2O4S. The van der Waals surface area contributed by atoms with E-state index in [0.717, 1.165) is 11.5 Å². The molecule has 2 aromatic rings. The zero-order valence-electron chi connectivity index (χ0n) is 11.5. The third-order valence-corrected chi connectivity index (χ3v) is 3.83. The van der Waals surface area contributed by atoms with Crippen molar-refractivity contribution >= 4 is 15.9 Å². The summed E-state index contributed by atoms with van der Waals surface area (Å²) in [6, 6.07) is 9.18. The number of sulfonamides is 1. The van der Waals surface area contributed by atoms with E-state index >= 15 is 0 Å². The van der Waals surface area contributed by atoms with Gasteiger partial charge in [0.05, 0.1) is 4.90 Å². The molecular weight excluding hydrogens is 292 g/mol. The largest absolute Gasteiger partial charge is 0.466 e. The van der Waals surface area contributed by atoms with E-state index in [1.165, 1.54) is 24.3 Å². The number of nitrogens with two attached hydrogens (primary N) is 1. The van der Waals surface area contributed by atoms with Crippen LogP contribution in [0.15, 0.2) is 45.7 Å². The zero-order valence-corrected chi connectivity index (χ0v) is 12.3. The molecule has 3 N–H and O–H groups in total. The molecule has 0 unspecified atom stereocenters. The predicted molar refractivity (Wildman–Crippen MR) is 77.3 cm³/mol. The molecule has 0 aliphatic heterocycles. The number of nitrogens with one attached hydrogen (secondary N) is 1. The Kier molecular flexibility index (Phi) is 4.44. The van der Waals surface area contributed by atoms with Crippen molar-refractivity contribution < 1.29 is 17.6 Å². The van der Waals surface area contributed by atoms with Crippen LogP contribution in [-0.4, -0.2) is 20.9 Å². The van der Waals surface area contributed by atoms with E-state index < -0.39 is 10.0 Å². The second-order valence-corrected chi connectivity index (χ2v) is 6.15. The Morgan fingerprint density at radius 1 is 1.19 bits per heavy atom. The summed E-state index contributed by atoms with van der Waals surface area (Å²) in [7, 11) is -3.74. The number of carbonyl (C=O) groups excluding carboxylic acids is 1. The number of hydrogen-bond acceptors (Lipinski definition) is 4. The van der Waals surface area contributed by atoms with Gasteiger partial charge >= 0.3 is 0 Å². The van der Waals surface area contributed by atoms with Gasteiger partial charge in [0.15, 0.2) is 0 Å². The molecule has 1 amide bonds. The molecule has 1 aromatic carbocycles. The Bertz CT molecular complexity index is 733. The van der Waals surface area contributed by atoms with Crippen molar-refractivity contribution in [2.24, 2.45) is 5.14 Å². The summed E-state index contributed by atoms with van der Waals surface area (Å²) >= 11 is 0. The molecule has 2 rings (SSSR count). The minimum absolute atomic E-state index is 0.0230. The molecule has 0 aliphatic rings. The van der Waals surface area contributed by atoms with Gasteiger partial charge < -0.3 is 9.73 Å². The van der Waals surface area contributed by atoms with Gasteiger partial charge in [-0.1, -0.05) is 0 Å². The average molecular weight is 308 g/mol. The lowest BCUT2D eigenvalue weighted by atomic mass is 10.2. The number of aryl methyl sites for hydroxylation is 1. The van der Waals surface area contributed by atoms with Gasteiger partial charge in [-0.2, -0.15) is 0 Å². The Morgan fingerprint density at radius 3 is 2.38 bits per heavy atom. The Balaban J connectivity index is 1.91. The molecule has 6 nitrogen and oxygen atoms in total. The van der Waals surface area contributed by atoms with Crippen molar-refractivity contribution in [2.75, 3.05) is 6.54 Å². The topological polar surface area (TPSA) is 102 Å². The lowest BCUT2D eigenvalue weighted by Gasteiger charge is -2.05. The van der Waals surface area contributed by atoms with Crippen molar-refractivity contribution in [2.45, 2.75) is 18.2 Å². The fourth-order valence-corrected chi connectivity index (χ4v) is 2.33. The van der Waals surface area contributed by atoms with Crippen LogP contribution in [0.2, 0.25) is 0 Å². The van der Waals surface area contributed by atoms with Crippen molar-refractivity contribution in [1.29, 1.82) is 0 Å². The van der Waals surface area contributed by atoms with E-state index in [0.29, 0.717) is 18.5 Å². The minimum atomic E-state index is -3.74. The van der Waals surface area contributed by atoms with Crippen LogP contribution in [0.3, 0.4) is 0 Å². The maximum Gasteiger partial charge on any atom is 0.251 e. The van der Waals surface area contributed by atoms with Gasteiger partial charge in [-0.25, -0.2) is 13.6 Å². The number of hydrogen-bond donors (Lipinski definition) is 2. The van der Waals surface area contributed by atoms with Gasteiger partial charge in [-0.15, -0.1) is 0 Å². The van der Waals surface area contributed by atoms with Crippen LogP contribution in [0.25, 0.3) is 0 Å². The van der Waals surface area contributed by atoms with Gasteiger partial charge in [0.2, 0.25) is 10.0 Å². The van der Waals surface area contributed by atoms with E-state index in [-0.39, 0.29) is 10.8 Å². The smallest absolute Gasteiger partial charge is 0.251 e. The fourth-order valence-electron chi connectivity index (χ4n) is 1.82. The van der Waals surface area contributed by atoms with Gasteiger partial charge in [-0.3, -0.25) is 4.79 Å². The molecule has 0 saturated carbocycles. The van der Waals surface area contributed by atoms with Gasteiger partial charge in [-0.05, 0) is 43.3 Å². The Hall–Kier alpha value is -2.12. The molecule has 21 heavy (non-hydrogen) atoms. The predicted octanol–water partition coefficient (Wildman–Crippen LogP) is 1.21. The summed E-state index contributed by atoms with van der Waals surface area (Å²) in [6.45, 7) is 2.29. The molecule has 0 fully saturated rings. The van der Waals surface area contributed by atoms with Crippen LogP contribution in [0, 0.1) is 6.92 Å². The highest BCUT2D eigenvalue weighted by Crippen LogP contribution is 2.09. The molecule has 0 spiro atoms. The van der Waals surface area contributed by atoms with E-state index in [1.54, 1.807) is 0 Å². The van der Waals surface area contributed by atoms with Crippen LogP contribution < -0.4 is 10.5 Å². The SMILES string of the molecule is Cc1ccc(CCNC(=O)c2ccc(S(N)(=O)=O)cc2)o1. The third kappa shape index (κ3) is 4.17. The van der Waals surface area contributed by atoms with E-state index in [2.05, 4.69) is 5.32 Å². The maximum absolute atomic E-state index is 11.9. The first kappa shape index (κ1) is 15.3. The highest BCUT2D eigenvalue weighted by atomic mass is 32.2. The minimum Gasteiger partial charge on any atom is -0.466 e. The summed E-state index contributed by atoms with van der Waals surface area (Å²) in [5.41, 5.74) is 0.373. The van der Waals surface area contributed by atoms with Gasteiger partial charge in [0.25, 0.3) is 5.91 Å². The van der Waals surface area contributed by atoms with E-state index in [4.69, 9.17) is 9.56 Å².